The van der Waals surface area contributed by atoms with Crippen molar-refractivity contribution in [3.05, 3.63) is 53.6 Å². The van der Waals surface area contributed by atoms with Crippen LogP contribution in [0.3, 0.4) is 0 Å². The van der Waals surface area contributed by atoms with Crippen molar-refractivity contribution in [3.63, 3.8) is 0 Å². The van der Waals surface area contributed by atoms with Gasteiger partial charge in [0.1, 0.15) is 16.5 Å². The van der Waals surface area contributed by atoms with E-state index in [-0.39, 0.29) is 0 Å². The molecule has 20 heavy (non-hydrogen) atoms. The van der Waals surface area contributed by atoms with Gasteiger partial charge in [-0.05, 0) is 42.8 Å². The number of nitrogens with two attached hydrogens (primary N) is 1. The fourth-order valence-electron chi connectivity index (χ4n) is 1.94. The summed E-state index contributed by atoms with van der Waals surface area (Å²) in [4.78, 5) is 2.44. The van der Waals surface area contributed by atoms with Crippen molar-refractivity contribution in [2.24, 2.45) is 5.73 Å². The summed E-state index contributed by atoms with van der Waals surface area (Å²) < 4.78 is 5.87. The minimum atomic E-state index is 0.406. The second-order valence-corrected chi connectivity index (χ2v) is 5.27. The van der Waals surface area contributed by atoms with E-state index in [1.165, 1.54) is 0 Å². The summed E-state index contributed by atoms with van der Waals surface area (Å²) in [5.41, 5.74) is 8.65. The molecule has 0 spiro atoms. The van der Waals surface area contributed by atoms with Gasteiger partial charge >= 0.3 is 0 Å². The summed E-state index contributed by atoms with van der Waals surface area (Å²) in [6.07, 6.45) is 0. The molecule has 0 heterocycles. The maximum atomic E-state index is 5.87. The van der Waals surface area contributed by atoms with Gasteiger partial charge in [-0.15, -0.1) is 0 Å². The van der Waals surface area contributed by atoms with E-state index < -0.39 is 0 Å². The van der Waals surface area contributed by atoms with Gasteiger partial charge in [-0.25, -0.2) is 0 Å². The van der Waals surface area contributed by atoms with Crippen LogP contribution in [0, 0.1) is 6.92 Å². The monoisotopic (exact) mass is 286 g/mol. The Hall–Kier alpha value is -2.07. The van der Waals surface area contributed by atoms with Gasteiger partial charge in [0.05, 0.1) is 0 Å². The van der Waals surface area contributed by atoms with Gasteiger partial charge in [0.25, 0.3) is 0 Å². The second-order valence-electron chi connectivity index (χ2n) is 4.83. The standard InChI is InChI=1S/C16H18N2OS/c1-11-9-14(7-8-15(11)16(17)20)19-13-6-4-5-12(10-13)18(2)3/h4-10H,1-3H3,(H2,17,20). The first-order chi connectivity index (χ1) is 9.47. The number of hydrogen-bond donors (Lipinski definition) is 1. The first-order valence-electron chi connectivity index (χ1n) is 6.33. The van der Waals surface area contributed by atoms with Crippen molar-refractivity contribution in [1.29, 1.82) is 0 Å². The summed E-state index contributed by atoms with van der Waals surface area (Å²) in [6.45, 7) is 1.97. The maximum Gasteiger partial charge on any atom is 0.129 e. The summed E-state index contributed by atoms with van der Waals surface area (Å²) in [5.74, 6) is 1.58. The van der Waals surface area contributed by atoms with Crippen LogP contribution in [0.2, 0.25) is 0 Å². The highest BCUT2D eigenvalue weighted by Gasteiger charge is 2.05. The summed E-state index contributed by atoms with van der Waals surface area (Å²) >= 11 is 5.00. The molecule has 0 fully saturated rings. The SMILES string of the molecule is Cc1cc(Oc2cccc(N(C)C)c2)ccc1C(N)=S. The molecule has 2 aromatic rings. The predicted octanol–water partition coefficient (Wildman–Crippen LogP) is 3.49. The van der Waals surface area contributed by atoms with Crippen LogP contribution in [-0.4, -0.2) is 19.1 Å². The highest BCUT2D eigenvalue weighted by molar-refractivity contribution is 7.80. The summed E-state index contributed by atoms with van der Waals surface area (Å²) in [5, 5.41) is 0. The fourth-order valence-corrected chi connectivity index (χ4v) is 2.17. The molecule has 104 valence electrons. The van der Waals surface area contributed by atoms with E-state index in [1.807, 2.05) is 68.4 Å². The quantitative estimate of drug-likeness (QED) is 0.873. The lowest BCUT2D eigenvalue weighted by Crippen LogP contribution is -2.10. The van der Waals surface area contributed by atoms with Crippen molar-refractivity contribution in [1.82, 2.24) is 0 Å². The average Bonchev–Trinajstić information content (AvgIpc) is 2.38. The molecule has 0 aromatic heterocycles. The minimum absolute atomic E-state index is 0.406. The first kappa shape index (κ1) is 14.3. The van der Waals surface area contributed by atoms with E-state index in [9.17, 15) is 0 Å². The number of anilines is 1. The molecule has 0 bridgehead atoms. The normalized spacial score (nSPS) is 10.2. The first-order valence-corrected chi connectivity index (χ1v) is 6.74. The molecule has 2 N–H and O–H groups in total. The lowest BCUT2D eigenvalue weighted by atomic mass is 10.1. The van der Waals surface area contributed by atoms with Crippen LogP contribution in [0.4, 0.5) is 5.69 Å². The zero-order chi connectivity index (χ0) is 14.7. The van der Waals surface area contributed by atoms with Crippen LogP contribution in [0.5, 0.6) is 11.5 Å². The third kappa shape index (κ3) is 3.27. The Kier molecular flexibility index (Phi) is 4.25. The van der Waals surface area contributed by atoms with Crippen LogP contribution in [0.1, 0.15) is 11.1 Å². The molecule has 2 aromatic carbocycles. The molecule has 2 rings (SSSR count). The Morgan fingerprint density at radius 1 is 1.10 bits per heavy atom. The molecule has 4 heteroatoms. The topological polar surface area (TPSA) is 38.5 Å². The lowest BCUT2D eigenvalue weighted by molar-refractivity contribution is 0.482. The van der Waals surface area contributed by atoms with Gasteiger partial charge in [0, 0.05) is 31.4 Å². The van der Waals surface area contributed by atoms with E-state index >= 15 is 0 Å². The molecule has 3 nitrogen and oxygen atoms in total. The predicted molar refractivity (Wildman–Crippen MR) is 87.9 cm³/mol. The largest absolute Gasteiger partial charge is 0.457 e. The van der Waals surface area contributed by atoms with Gasteiger partial charge in [-0.1, -0.05) is 18.3 Å². The van der Waals surface area contributed by atoms with E-state index in [1.54, 1.807) is 0 Å². The molecule has 0 saturated carbocycles. The molecule has 0 saturated heterocycles. The number of thiocarbonyl (C=S) groups is 1. The van der Waals surface area contributed by atoms with E-state index in [4.69, 9.17) is 22.7 Å². The van der Waals surface area contributed by atoms with E-state index in [2.05, 4.69) is 0 Å². The van der Waals surface area contributed by atoms with Gasteiger partial charge in [-0.3, -0.25) is 0 Å². The van der Waals surface area contributed by atoms with Crippen molar-refractivity contribution in [3.8, 4) is 11.5 Å². The van der Waals surface area contributed by atoms with Crippen LogP contribution in [0.25, 0.3) is 0 Å². The smallest absolute Gasteiger partial charge is 0.129 e. The highest BCUT2D eigenvalue weighted by atomic mass is 32.1. The molecular formula is C16H18N2OS. The van der Waals surface area contributed by atoms with Crippen molar-refractivity contribution < 1.29 is 4.74 Å². The molecule has 0 aliphatic carbocycles. The third-order valence-electron chi connectivity index (χ3n) is 3.03. The Balaban J connectivity index is 2.24. The van der Waals surface area contributed by atoms with Crippen LogP contribution in [-0.2, 0) is 0 Å². The Labute approximate surface area is 125 Å². The Morgan fingerprint density at radius 3 is 2.40 bits per heavy atom. The molecular weight excluding hydrogens is 268 g/mol. The summed E-state index contributed by atoms with van der Waals surface area (Å²) in [7, 11) is 4.00. The molecule has 0 atom stereocenters. The van der Waals surface area contributed by atoms with Gasteiger partial charge < -0.3 is 15.4 Å². The fraction of sp³-hybridized carbons (Fsp3) is 0.188. The number of aryl methyl sites for hydroxylation is 1. The van der Waals surface area contributed by atoms with Crippen LogP contribution in [0.15, 0.2) is 42.5 Å². The molecule has 0 aliphatic rings. The molecule has 0 aliphatic heterocycles. The zero-order valence-corrected chi connectivity index (χ0v) is 12.7. The number of hydrogen-bond acceptors (Lipinski definition) is 3. The van der Waals surface area contributed by atoms with E-state index in [0.29, 0.717) is 4.99 Å². The second kappa shape index (κ2) is 5.92. The number of benzene rings is 2. The summed E-state index contributed by atoms with van der Waals surface area (Å²) in [6, 6.07) is 13.7. The van der Waals surface area contributed by atoms with Gasteiger partial charge in [0.2, 0.25) is 0 Å². The van der Waals surface area contributed by atoms with Crippen molar-refractivity contribution in [2.75, 3.05) is 19.0 Å². The third-order valence-corrected chi connectivity index (χ3v) is 3.25. The van der Waals surface area contributed by atoms with Crippen LogP contribution < -0.4 is 15.4 Å². The molecule has 0 unspecified atom stereocenters. The van der Waals surface area contributed by atoms with E-state index in [0.717, 1.165) is 28.3 Å². The van der Waals surface area contributed by atoms with Crippen LogP contribution >= 0.6 is 12.2 Å². The Bertz CT molecular complexity index is 638. The highest BCUT2D eigenvalue weighted by Crippen LogP contribution is 2.26. The minimum Gasteiger partial charge on any atom is -0.457 e. The van der Waals surface area contributed by atoms with Gasteiger partial charge in [0.15, 0.2) is 0 Å². The number of rotatable bonds is 4. The van der Waals surface area contributed by atoms with Crippen molar-refractivity contribution >= 4 is 22.9 Å². The average molecular weight is 286 g/mol. The zero-order valence-electron chi connectivity index (χ0n) is 11.9. The molecule has 0 amide bonds. The number of nitrogens with zero attached hydrogens (tertiary/aromatic N) is 1. The number of ether oxygens (including phenoxy) is 1. The lowest BCUT2D eigenvalue weighted by Gasteiger charge is -2.14. The Morgan fingerprint density at radius 2 is 1.80 bits per heavy atom. The van der Waals surface area contributed by atoms with Gasteiger partial charge in [-0.2, -0.15) is 0 Å². The van der Waals surface area contributed by atoms with Crippen molar-refractivity contribution in [2.45, 2.75) is 6.92 Å². The maximum absolute atomic E-state index is 5.87. The molecule has 0 radical (unpaired) electrons.